The van der Waals surface area contributed by atoms with Crippen LogP contribution in [0.5, 0.6) is 5.75 Å². The molecule has 2 amide bonds. The number of anilines is 2. The lowest BCUT2D eigenvalue weighted by atomic mass is 10.1. The van der Waals surface area contributed by atoms with Gasteiger partial charge in [0, 0.05) is 48.6 Å². The summed E-state index contributed by atoms with van der Waals surface area (Å²) in [6.45, 7) is 7.01. The molecule has 1 heterocycles. The van der Waals surface area contributed by atoms with Gasteiger partial charge in [-0.3, -0.25) is 4.90 Å². The first kappa shape index (κ1) is 20.3. The molecule has 28 heavy (non-hydrogen) atoms. The van der Waals surface area contributed by atoms with Gasteiger partial charge < -0.3 is 20.7 Å². The smallest absolute Gasteiger partial charge is 0.316 e. The summed E-state index contributed by atoms with van der Waals surface area (Å²) in [5.41, 5.74) is 6.99. The molecule has 2 aromatic carbocycles. The van der Waals surface area contributed by atoms with E-state index in [0.29, 0.717) is 18.3 Å². The fraction of sp³-hybridized carbons (Fsp3) is 0.381. The minimum absolute atomic E-state index is 0.489. The topological polar surface area (TPSA) is 70.8 Å². The summed E-state index contributed by atoms with van der Waals surface area (Å²) in [6, 6.07) is 15.2. The molecule has 0 aliphatic carbocycles. The van der Waals surface area contributed by atoms with Crippen LogP contribution in [0, 0.1) is 0 Å². The number of carbonyl (C=O) groups excluding carboxylic acids is 1. The molecule has 0 spiro atoms. The van der Waals surface area contributed by atoms with Gasteiger partial charge in [0.2, 0.25) is 0 Å². The normalized spacial score (nSPS) is 17.4. The lowest BCUT2D eigenvalue weighted by molar-refractivity contribution is 0.173. The number of hydrogen-bond donors (Lipinski definition) is 2. The highest BCUT2D eigenvalue weighted by Gasteiger charge is 2.23. The van der Waals surface area contributed by atoms with Crippen LogP contribution in [0.25, 0.3) is 0 Å². The molecular weight excluding hydrogens is 376 g/mol. The second-order valence-corrected chi connectivity index (χ2v) is 7.46. The van der Waals surface area contributed by atoms with Crippen molar-refractivity contribution in [3.8, 4) is 5.75 Å². The van der Waals surface area contributed by atoms with E-state index in [4.69, 9.17) is 22.1 Å². The van der Waals surface area contributed by atoms with Crippen LogP contribution in [0.3, 0.4) is 0 Å². The number of nitrogens with two attached hydrogens (primary N) is 1. The number of ether oxygens (including phenoxy) is 1. The van der Waals surface area contributed by atoms with E-state index in [-0.39, 0.29) is 0 Å². The average molecular weight is 403 g/mol. The third kappa shape index (κ3) is 5.78. The summed E-state index contributed by atoms with van der Waals surface area (Å²) in [5, 5.41) is 3.30. The highest BCUT2D eigenvalue weighted by molar-refractivity contribution is 6.30. The van der Waals surface area contributed by atoms with Gasteiger partial charge >= 0.3 is 6.03 Å². The minimum Gasteiger partial charge on any atom is -0.494 e. The molecule has 150 valence electrons. The highest BCUT2D eigenvalue weighted by Crippen LogP contribution is 2.21. The van der Waals surface area contributed by atoms with Crippen molar-refractivity contribution in [2.75, 3.05) is 43.0 Å². The van der Waals surface area contributed by atoms with Gasteiger partial charge in [-0.15, -0.1) is 0 Å². The molecule has 0 saturated carbocycles. The van der Waals surface area contributed by atoms with E-state index >= 15 is 0 Å². The lowest BCUT2D eigenvalue weighted by Gasteiger charge is -2.41. The van der Waals surface area contributed by atoms with Crippen molar-refractivity contribution < 1.29 is 9.53 Å². The van der Waals surface area contributed by atoms with Crippen LogP contribution >= 0.6 is 11.6 Å². The lowest BCUT2D eigenvalue weighted by Crippen LogP contribution is -2.52. The monoisotopic (exact) mass is 402 g/mol. The summed E-state index contributed by atoms with van der Waals surface area (Å²) < 4.78 is 5.80. The van der Waals surface area contributed by atoms with Crippen molar-refractivity contribution in [2.45, 2.75) is 19.4 Å². The van der Waals surface area contributed by atoms with Crippen LogP contribution in [0.1, 0.15) is 13.3 Å². The number of halogens is 1. The van der Waals surface area contributed by atoms with Gasteiger partial charge in [-0.05, 0) is 61.9 Å². The van der Waals surface area contributed by atoms with E-state index in [1.807, 2.05) is 24.3 Å². The zero-order valence-electron chi connectivity index (χ0n) is 16.1. The Balaban J connectivity index is 1.38. The largest absolute Gasteiger partial charge is 0.494 e. The Morgan fingerprint density at radius 1 is 1.18 bits per heavy atom. The summed E-state index contributed by atoms with van der Waals surface area (Å²) in [7, 11) is 0. The third-order valence-corrected chi connectivity index (χ3v) is 5.19. The van der Waals surface area contributed by atoms with Gasteiger partial charge in [0.05, 0.1) is 6.61 Å². The molecule has 0 aromatic heterocycles. The van der Waals surface area contributed by atoms with Gasteiger partial charge in [0.1, 0.15) is 5.75 Å². The Hall–Kier alpha value is -2.44. The number of nitrogens with one attached hydrogen (secondary N) is 1. The fourth-order valence-electron chi connectivity index (χ4n) is 3.45. The van der Waals surface area contributed by atoms with Crippen LogP contribution in [-0.2, 0) is 0 Å². The van der Waals surface area contributed by atoms with Crippen molar-refractivity contribution in [3.63, 3.8) is 0 Å². The van der Waals surface area contributed by atoms with Crippen molar-refractivity contribution >= 4 is 29.0 Å². The molecule has 2 aromatic rings. The first-order chi connectivity index (χ1) is 13.5. The Labute approximate surface area is 171 Å². The maximum atomic E-state index is 10.8. The molecule has 1 aliphatic rings. The molecule has 3 N–H and O–H groups in total. The number of hydrogen-bond acceptors (Lipinski definition) is 4. The molecule has 1 atom stereocenters. The second kappa shape index (κ2) is 9.66. The van der Waals surface area contributed by atoms with Crippen molar-refractivity contribution in [2.24, 2.45) is 5.73 Å². The average Bonchev–Trinajstić information content (AvgIpc) is 2.67. The molecule has 6 nitrogen and oxygen atoms in total. The molecule has 1 saturated heterocycles. The molecule has 0 radical (unpaired) electrons. The predicted octanol–water partition coefficient (Wildman–Crippen LogP) is 3.81. The minimum atomic E-state index is -0.570. The summed E-state index contributed by atoms with van der Waals surface area (Å²) >= 11 is 5.98. The van der Waals surface area contributed by atoms with E-state index in [1.165, 1.54) is 5.69 Å². The van der Waals surface area contributed by atoms with Crippen molar-refractivity contribution in [1.29, 1.82) is 0 Å². The Kier molecular flexibility index (Phi) is 7.01. The first-order valence-corrected chi connectivity index (χ1v) is 9.93. The number of piperazine rings is 1. The second-order valence-electron chi connectivity index (χ2n) is 7.02. The van der Waals surface area contributed by atoms with Gasteiger partial charge in [0.15, 0.2) is 0 Å². The molecule has 3 rings (SSSR count). The summed E-state index contributed by atoms with van der Waals surface area (Å²) in [5.74, 6) is 0.788. The molecular formula is C21H27ClN4O2. The quantitative estimate of drug-likeness (QED) is 0.691. The summed E-state index contributed by atoms with van der Waals surface area (Å²) in [4.78, 5) is 15.7. The van der Waals surface area contributed by atoms with Crippen LogP contribution in [0.4, 0.5) is 16.2 Å². The van der Waals surface area contributed by atoms with E-state index in [9.17, 15) is 4.79 Å². The molecule has 1 fully saturated rings. The maximum absolute atomic E-state index is 10.8. The number of amides is 2. The van der Waals surface area contributed by atoms with Gasteiger partial charge in [-0.2, -0.15) is 0 Å². The third-order valence-electron chi connectivity index (χ3n) is 4.94. The molecule has 1 aliphatic heterocycles. The van der Waals surface area contributed by atoms with Gasteiger partial charge in [0.25, 0.3) is 0 Å². The first-order valence-electron chi connectivity index (χ1n) is 9.55. The van der Waals surface area contributed by atoms with Crippen LogP contribution in [0.15, 0.2) is 48.5 Å². The van der Waals surface area contributed by atoms with E-state index in [2.05, 4.69) is 34.2 Å². The van der Waals surface area contributed by atoms with Crippen LogP contribution < -0.4 is 20.7 Å². The highest BCUT2D eigenvalue weighted by atomic mass is 35.5. The van der Waals surface area contributed by atoms with Crippen LogP contribution in [-0.4, -0.2) is 49.8 Å². The standard InChI is InChI=1S/C21H27ClN4O2/c1-16-15-26(19-7-3-17(22)4-8-19)13-12-25(16)11-2-14-28-20-9-5-18(6-10-20)24-21(23)27/h3-10,16H,2,11-15H2,1H3,(H3,23,24,27). The fourth-order valence-corrected chi connectivity index (χ4v) is 3.57. The van der Waals surface area contributed by atoms with Crippen molar-refractivity contribution in [1.82, 2.24) is 4.90 Å². The van der Waals surface area contributed by atoms with Crippen LogP contribution in [0.2, 0.25) is 5.02 Å². The SMILES string of the molecule is CC1CN(c2ccc(Cl)cc2)CCN1CCCOc1ccc(NC(N)=O)cc1. The molecule has 1 unspecified atom stereocenters. The number of rotatable bonds is 7. The number of benzene rings is 2. The molecule has 7 heteroatoms. The Morgan fingerprint density at radius 3 is 2.54 bits per heavy atom. The number of urea groups is 1. The van der Waals surface area contributed by atoms with Gasteiger partial charge in [-0.1, -0.05) is 11.6 Å². The Morgan fingerprint density at radius 2 is 1.89 bits per heavy atom. The van der Waals surface area contributed by atoms with E-state index < -0.39 is 6.03 Å². The van der Waals surface area contributed by atoms with Gasteiger partial charge in [-0.25, -0.2) is 4.79 Å². The van der Waals surface area contributed by atoms with E-state index in [0.717, 1.165) is 43.4 Å². The number of nitrogens with zero attached hydrogens (tertiary/aromatic N) is 2. The molecule has 0 bridgehead atoms. The Bertz CT molecular complexity index is 767. The number of carbonyl (C=O) groups is 1. The zero-order valence-corrected chi connectivity index (χ0v) is 16.9. The maximum Gasteiger partial charge on any atom is 0.316 e. The number of primary amides is 1. The predicted molar refractivity (Wildman–Crippen MR) is 114 cm³/mol. The van der Waals surface area contributed by atoms with E-state index in [1.54, 1.807) is 12.1 Å². The summed E-state index contributed by atoms with van der Waals surface area (Å²) in [6.07, 6.45) is 0.965. The van der Waals surface area contributed by atoms with Crippen molar-refractivity contribution in [3.05, 3.63) is 53.6 Å². The zero-order chi connectivity index (χ0) is 19.9.